The monoisotopic (exact) mass is 297 g/mol. The van der Waals surface area contributed by atoms with Gasteiger partial charge in [0.2, 0.25) is 17.7 Å². The third-order valence-corrected chi connectivity index (χ3v) is 4.62. The lowest BCUT2D eigenvalue weighted by atomic mass is 9.66. The number of primary amides is 1. The van der Waals surface area contributed by atoms with Crippen LogP contribution in [0.3, 0.4) is 0 Å². The molecule has 2 fully saturated rings. The van der Waals surface area contributed by atoms with Crippen molar-refractivity contribution < 1.29 is 19.5 Å². The number of carbonyl (C=O) groups is 3. The Labute approximate surface area is 123 Å². The van der Waals surface area contributed by atoms with Gasteiger partial charge in [-0.3, -0.25) is 14.4 Å². The summed E-state index contributed by atoms with van der Waals surface area (Å²) in [7, 11) is 0. The molecule has 7 nitrogen and oxygen atoms in total. The molecule has 0 aromatic rings. The van der Waals surface area contributed by atoms with Crippen LogP contribution in [0, 0.1) is 5.41 Å². The van der Waals surface area contributed by atoms with E-state index in [4.69, 9.17) is 5.73 Å². The number of nitrogens with zero attached hydrogens (tertiary/aromatic N) is 1. The fourth-order valence-electron chi connectivity index (χ4n) is 3.53. The maximum absolute atomic E-state index is 12.4. The molecular weight excluding hydrogens is 274 g/mol. The maximum atomic E-state index is 12.4. The van der Waals surface area contributed by atoms with Crippen LogP contribution in [0.4, 0.5) is 0 Å². The molecular formula is C14H23N3O4. The summed E-state index contributed by atoms with van der Waals surface area (Å²) in [4.78, 5) is 36.3. The highest BCUT2D eigenvalue weighted by Crippen LogP contribution is 2.46. The highest BCUT2D eigenvalue weighted by molar-refractivity contribution is 5.94. The van der Waals surface area contributed by atoms with Crippen LogP contribution in [0.25, 0.3) is 0 Å². The van der Waals surface area contributed by atoms with E-state index < -0.39 is 23.5 Å². The summed E-state index contributed by atoms with van der Waals surface area (Å²) in [6.07, 6.45) is 1.93. The number of carbonyl (C=O) groups excluding carboxylic acids is 3. The van der Waals surface area contributed by atoms with E-state index in [0.717, 1.165) is 12.8 Å². The predicted octanol–water partition coefficient (Wildman–Crippen LogP) is -0.872. The number of likely N-dealkylation sites (tertiary alicyclic amines) is 1. The Morgan fingerprint density at radius 3 is 2.38 bits per heavy atom. The van der Waals surface area contributed by atoms with Gasteiger partial charge in [-0.05, 0) is 32.6 Å². The molecule has 0 aromatic carbocycles. The summed E-state index contributed by atoms with van der Waals surface area (Å²) in [6, 6.07) is -0.824. The van der Waals surface area contributed by atoms with E-state index in [1.165, 1.54) is 18.7 Å². The van der Waals surface area contributed by atoms with E-state index in [-0.39, 0.29) is 17.9 Å². The van der Waals surface area contributed by atoms with Crippen LogP contribution in [-0.4, -0.2) is 52.5 Å². The number of hydrogen-bond donors (Lipinski definition) is 3. The normalized spacial score (nSPS) is 31.5. The number of nitrogens with two attached hydrogens (primary N) is 1. The molecule has 118 valence electrons. The Bertz CT molecular complexity index is 455. The first-order valence-electron chi connectivity index (χ1n) is 7.32. The van der Waals surface area contributed by atoms with Crippen LogP contribution in [0.15, 0.2) is 0 Å². The zero-order valence-electron chi connectivity index (χ0n) is 12.5. The van der Waals surface area contributed by atoms with E-state index in [9.17, 15) is 19.5 Å². The molecule has 3 amide bonds. The number of hydrogen-bond acceptors (Lipinski definition) is 4. The van der Waals surface area contributed by atoms with Gasteiger partial charge in [0, 0.05) is 19.5 Å². The van der Waals surface area contributed by atoms with Crippen molar-refractivity contribution in [2.45, 2.75) is 57.7 Å². The number of nitrogens with one attached hydrogen (secondary N) is 1. The first-order chi connectivity index (χ1) is 9.77. The van der Waals surface area contributed by atoms with Crippen LogP contribution in [0.5, 0.6) is 0 Å². The minimum absolute atomic E-state index is 0.0552. The highest BCUT2D eigenvalue weighted by atomic mass is 16.3. The number of amides is 3. The summed E-state index contributed by atoms with van der Waals surface area (Å²) < 4.78 is 0. The minimum Gasteiger partial charge on any atom is -0.391 e. The average Bonchev–Trinajstić information content (AvgIpc) is 2.38. The molecule has 1 heterocycles. The van der Waals surface area contributed by atoms with Crippen LogP contribution in [-0.2, 0) is 14.4 Å². The Morgan fingerprint density at radius 1 is 1.43 bits per heavy atom. The fraction of sp³-hybridized carbons (Fsp3) is 0.786. The zero-order valence-corrected chi connectivity index (χ0v) is 12.5. The molecule has 2 atom stereocenters. The van der Waals surface area contributed by atoms with Crippen molar-refractivity contribution in [3.05, 3.63) is 0 Å². The van der Waals surface area contributed by atoms with Crippen molar-refractivity contribution in [3.8, 4) is 0 Å². The van der Waals surface area contributed by atoms with Gasteiger partial charge in [0.25, 0.3) is 0 Å². The highest BCUT2D eigenvalue weighted by Gasteiger charge is 2.56. The third kappa shape index (κ3) is 2.88. The van der Waals surface area contributed by atoms with Crippen molar-refractivity contribution in [2.24, 2.45) is 11.1 Å². The molecule has 4 N–H and O–H groups in total. The van der Waals surface area contributed by atoms with Gasteiger partial charge in [0.15, 0.2) is 0 Å². The van der Waals surface area contributed by atoms with Gasteiger partial charge in [-0.25, -0.2) is 0 Å². The topological polar surface area (TPSA) is 113 Å². The third-order valence-electron chi connectivity index (χ3n) is 4.62. The lowest BCUT2D eigenvalue weighted by molar-refractivity contribution is -0.175. The molecule has 1 aliphatic heterocycles. The van der Waals surface area contributed by atoms with E-state index in [1.807, 2.05) is 0 Å². The van der Waals surface area contributed by atoms with Gasteiger partial charge in [0.05, 0.1) is 11.5 Å². The molecule has 0 bridgehead atoms. The SMILES string of the molecule is CC(=O)NC1CCC2(CC1)CN([C@H](C(N)=O)[C@@H](C)O)C2=O. The van der Waals surface area contributed by atoms with E-state index in [0.29, 0.717) is 19.4 Å². The predicted molar refractivity (Wildman–Crippen MR) is 74.9 cm³/mol. The molecule has 2 rings (SSSR count). The molecule has 1 saturated heterocycles. The van der Waals surface area contributed by atoms with Crippen LogP contribution < -0.4 is 11.1 Å². The summed E-state index contributed by atoms with van der Waals surface area (Å²) >= 11 is 0. The first kappa shape index (κ1) is 15.8. The molecule has 7 heteroatoms. The average molecular weight is 297 g/mol. The van der Waals surface area contributed by atoms with Gasteiger partial charge >= 0.3 is 0 Å². The van der Waals surface area contributed by atoms with E-state index in [1.54, 1.807) is 0 Å². The van der Waals surface area contributed by atoms with Gasteiger partial charge in [-0.1, -0.05) is 0 Å². The Hall–Kier alpha value is -1.63. The van der Waals surface area contributed by atoms with Gasteiger partial charge < -0.3 is 21.1 Å². The largest absolute Gasteiger partial charge is 0.391 e. The summed E-state index contributed by atoms with van der Waals surface area (Å²) in [5.41, 5.74) is 4.83. The van der Waals surface area contributed by atoms with E-state index >= 15 is 0 Å². The summed E-state index contributed by atoms with van der Waals surface area (Å²) in [5, 5.41) is 12.5. The Balaban J connectivity index is 1.96. The second-order valence-electron chi connectivity index (χ2n) is 6.28. The van der Waals surface area contributed by atoms with Gasteiger partial charge in [0.1, 0.15) is 6.04 Å². The maximum Gasteiger partial charge on any atom is 0.242 e. The number of β-lactam (4-membered cyclic amide) rings is 1. The second-order valence-corrected chi connectivity index (χ2v) is 6.28. The molecule has 2 aliphatic rings. The molecule has 1 saturated carbocycles. The second kappa shape index (κ2) is 5.63. The first-order valence-corrected chi connectivity index (χ1v) is 7.32. The van der Waals surface area contributed by atoms with Gasteiger partial charge in [-0.2, -0.15) is 0 Å². The summed E-state index contributed by atoms with van der Waals surface area (Å²) in [5.74, 6) is -0.839. The van der Waals surface area contributed by atoms with Crippen molar-refractivity contribution in [1.29, 1.82) is 0 Å². The van der Waals surface area contributed by atoms with Crippen molar-refractivity contribution >= 4 is 17.7 Å². The molecule has 0 unspecified atom stereocenters. The Morgan fingerprint density at radius 2 is 2.00 bits per heavy atom. The minimum atomic E-state index is -0.973. The van der Waals surface area contributed by atoms with Crippen LogP contribution in [0.2, 0.25) is 0 Å². The van der Waals surface area contributed by atoms with Crippen molar-refractivity contribution in [1.82, 2.24) is 10.2 Å². The molecule has 0 aromatic heterocycles. The smallest absolute Gasteiger partial charge is 0.242 e. The lowest BCUT2D eigenvalue weighted by Crippen LogP contribution is -2.69. The molecule has 0 radical (unpaired) electrons. The molecule has 21 heavy (non-hydrogen) atoms. The standard InChI is InChI=1S/C14H23N3O4/c1-8(18)11(12(15)20)17-7-14(13(17)21)5-3-10(4-6-14)16-9(2)19/h8,10-11,18H,3-7H2,1-2H3,(H2,15,20)(H,16,19)/t8-,10?,11+,14?/m1/s1. The summed E-state index contributed by atoms with van der Waals surface area (Å²) in [6.45, 7) is 3.40. The van der Waals surface area contributed by atoms with Crippen molar-refractivity contribution in [2.75, 3.05) is 6.54 Å². The van der Waals surface area contributed by atoms with Crippen molar-refractivity contribution in [3.63, 3.8) is 0 Å². The number of aliphatic hydroxyl groups excluding tert-OH is 1. The number of rotatable bonds is 4. The molecule has 1 aliphatic carbocycles. The number of aliphatic hydroxyl groups is 1. The quantitative estimate of drug-likeness (QED) is 0.585. The zero-order chi connectivity index (χ0) is 15.8. The fourth-order valence-corrected chi connectivity index (χ4v) is 3.53. The Kier molecular flexibility index (Phi) is 4.22. The lowest BCUT2D eigenvalue weighted by Gasteiger charge is -2.54. The van der Waals surface area contributed by atoms with Crippen LogP contribution in [0.1, 0.15) is 39.5 Å². The van der Waals surface area contributed by atoms with E-state index in [2.05, 4.69) is 5.32 Å². The molecule has 1 spiro atoms. The van der Waals surface area contributed by atoms with Crippen LogP contribution >= 0.6 is 0 Å². The van der Waals surface area contributed by atoms with Gasteiger partial charge in [-0.15, -0.1) is 0 Å².